The van der Waals surface area contributed by atoms with E-state index in [1.807, 2.05) is 0 Å². The molecule has 1 amide bonds. The number of amides is 1. The maximum atomic E-state index is 12.4. The fourth-order valence-electron chi connectivity index (χ4n) is 2.58. The molecule has 1 aliphatic carbocycles. The van der Waals surface area contributed by atoms with Gasteiger partial charge < -0.3 is 10.6 Å². The van der Waals surface area contributed by atoms with E-state index in [9.17, 15) is 13.2 Å². The van der Waals surface area contributed by atoms with Gasteiger partial charge in [-0.1, -0.05) is 0 Å². The molecule has 21 heavy (non-hydrogen) atoms. The van der Waals surface area contributed by atoms with E-state index in [0.29, 0.717) is 37.8 Å². The number of nitrogens with two attached hydrogens (primary N) is 1. The normalized spacial score (nSPS) is 20.7. The number of anilines is 1. The zero-order chi connectivity index (χ0) is 15.2. The highest BCUT2D eigenvalue weighted by Crippen LogP contribution is 2.42. The van der Waals surface area contributed by atoms with Gasteiger partial charge in [-0.25, -0.2) is 8.42 Å². The van der Waals surface area contributed by atoms with Crippen molar-refractivity contribution in [3.05, 3.63) is 11.4 Å². The number of nitrogens with one attached hydrogen (secondary N) is 1. The molecule has 0 spiro atoms. The second kappa shape index (κ2) is 4.99. The van der Waals surface area contributed by atoms with E-state index in [2.05, 4.69) is 10.2 Å². The van der Waals surface area contributed by atoms with Crippen molar-refractivity contribution in [2.24, 2.45) is 0 Å². The Kier molecular flexibility index (Phi) is 3.40. The molecule has 116 valence electrons. The van der Waals surface area contributed by atoms with Crippen molar-refractivity contribution in [2.45, 2.75) is 18.8 Å². The smallest absolute Gasteiger partial charge is 0.276 e. The Morgan fingerprint density at radius 2 is 1.90 bits per heavy atom. The molecule has 1 saturated heterocycles. The van der Waals surface area contributed by atoms with E-state index in [4.69, 9.17) is 5.73 Å². The number of piperazine rings is 1. The van der Waals surface area contributed by atoms with Gasteiger partial charge in [0.2, 0.25) is 10.0 Å². The van der Waals surface area contributed by atoms with Crippen molar-refractivity contribution in [1.82, 2.24) is 19.4 Å². The molecule has 0 unspecified atom stereocenters. The number of carbonyl (C=O) groups is 1. The van der Waals surface area contributed by atoms with Crippen LogP contribution in [-0.4, -0.2) is 66.2 Å². The molecule has 1 aliphatic heterocycles. The van der Waals surface area contributed by atoms with Crippen LogP contribution in [0.1, 0.15) is 34.9 Å². The molecule has 9 heteroatoms. The molecular weight excluding hydrogens is 294 g/mol. The predicted octanol–water partition coefficient (Wildman–Crippen LogP) is -0.413. The van der Waals surface area contributed by atoms with Crippen LogP contribution in [-0.2, 0) is 10.0 Å². The standard InChI is InChI=1S/C12H19N5O3S/c1-21(19,20)17-6-4-16(5-7-17)12(18)11-9(13)10(14-15-11)8-2-3-8/h8H,2-7,13H2,1H3,(H,14,15). The number of sulfonamides is 1. The van der Waals surface area contributed by atoms with E-state index in [1.165, 1.54) is 10.6 Å². The maximum absolute atomic E-state index is 12.4. The molecule has 2 aliphatic rings. The number of hydrogen-bond donors (Lipinski definition) is 2. The summed E-state index contributed by atoms with van der Waals surface area (Å²) in [5.74, 6) is 0.171. The summed E-state index contributed by atoms with van der Waals surface area (Å²) < 4.78 is 24.3. The van der Waals surface area contributed by atoms with Crippen LogP contribution in [0.25, 0.3) is 0 Å². The second-order valence-electron chi connectivity index (χ2n) is 5.63. The van der Waals surface area contributed by atoms with Gasteiger partial charge in [0.15, 0.2) is 5.69 Å². The van der Waals surface area contributed by atoms with E-state index in [1.54, 1.807) is 4.90 Å². The molecule has 0 aromatic carbocycles. The van der Waals surface area contributed by atoms with Crippen molar-refractivity contribution >= 4 is 21.6 Å². The molecule has 3 rings (SSSR count). The molecule has 0 radical (unpaired) electrons. The van der Waals surface area contributed by atoms with Crippen LogP contribution in [0.5, 0.6) is 0 Å². The van der Waals surface area contributed by atoms with Crippen LogP contribution >= 0.6 is 0 Å². The van der Waals surface area contributed by atoms with Gasteiger partial charge in [0, 0.05) is 32.1 Å². The van der Waals surface area contributed by atoms with Crippen LogP contribution in [0.3, 0.4) is 0 Å². The summed E-state index contributed by atoms with van der Waals surface area (Å²) >= 11 is 0. The molecule has 8 nitrogen and oxygen atoms in total. The van der Waals surface area contributed by atoms with Gasteiger partial charge in [0.05, 0.1) is 17.6 Å². The lowest BCUT2D eigenvalue weighted by Crippen LogP contribution is -2.50. The van der Waals surface area contributed by atoms with Crippen LogP contribution in [0, 0.1) is 0 Å². The van der Waals surface area contributed by atoms with Crippen molar-refractivity contribution in [1.29, 1.82) is 0 Å². The lowest BCUT2D eigenvalue weighted by Gasteiger charge is -2.32. The van der Waals surface area contributed by atoms with Gasteiger partial charge in [-0.05, 0) is 12.8 Å². The van der Waals surface area contributed by atoms with E-state index >= 15 is 0 Å². The van der Waals surface area contributed by atoms with Crippen molar-refractivity contribution in [3.8, 4) is 0 Å². The van der Waals surface area contributed by atoms with Crippen molar-refractivity contribution < 1.29 is 13.2 Å². The predicted molar refractivity (Wildman–Crippen MR) is 77.3 cm³/mol. The Morgan fingerprint density at radius 1 is 1.29 bits per heavy atom. The molecule has 2 heterocycles. The molecular formula is C12H19N5O3S. The van der Waals surface area contributed by atoms with Crippen LogP contribution < -0.4 is 5.73 Å². The minimum atomic E-state index is -3.20. The summed E-state index contributed by atoms with van der Waals surface area (Å²) in [6.45, 7) is 1.34. The average molecular weight is 313 g/mol. The summed E-state index contributed by atoms with van der Waals surface area (Å²) in [7, 11) is -3.20. The second-order valence-corrected chi connectivity index (χ2v) is 7.61. The molecule has 1 saturated carbocycles. The molecule has 0 atom stereocenters. The molecule has 2 fully saturated rings. The first-order valence-corrected chi connectivity index (χ1v) is 8.81. The minimum absolute atomic E-state index is 0.233. The third kappa shape index (κ3) is 2.75. The average Bonchev–Trinajstić information content (AvgIpc) is 3.21. The Hall–Kier alpha value is -1.61. The Morgan fingerprint density at radius 3 is 2.43 bits per heavy atom. The van der Waals surface area contributed by atoms with E-state index in [0.717, 1.165) is 18.5 Å². The van der Waals surface area contributed by atoms with E-state index in [-0.39, 0.29) is 11.6 Å². The topological polar surface area (TPSA) is 112 Å². The molecule has 0 bridgehead atoms. The Bertz CT molecular complexity index is 656. The maximum Gasteiger partial charge on any atom is 0.276 e. The van der Waals surface area contributed by atoms with Crippen molar-refractivity contribution in [3.63, 3.8) is 0 Å². The highest BCUT2D eigenvalue weighted by atomic mass is 32.2. The largest absolute Gasteiger partial charge is 0.395 e. The number of aromatic amines is 1. The fourth-order valence-corrected chi connectivity index (χ4v) is 3.41. The number of aromatic nitrogens is 2. The third-order valence-corrected chi connectivity index (χ3v) is 5.32. The number of carbonyl (C=O) groups excluding carboxylic acids is 1. The third-order valence-electron chi connectivity index (χ3n) is 4.02. The van der Waals surface area contributed by atoms with Crippen molar-refractivity contribution in [2.75, 3.05) is 38.2 Å². The van der Waals surface area contributed by atoms with Gasteiger partial charge in [-0.15, -0.1) is 0 Å². The summed E-state index contributed by atoms with van der Waals surface area (Å²) in [5.41, 5.74) is 7.55. The minimum Gasteiger partial charge on any atom is -0.395 e. The van der Waals surface area contributed by atoms with Gasteiger partial charge in [0.1, 0.15) is 0 Å². The highest BCUT2D eigenvalue weighted by molar-refractivity contribution is 7.88. The zero-order valence-electron chi connectivity index (χ0n) is 11.9. The lowest BCUT2D eigenvalue weighted by atomic mass is 10.2. The van der Waals surface area contributed by atoms with Gasteiger partial charge in [0.25, 0.3) is 5.91 Å². The van der Waals surface area contributed by atoms with E-state index < -0.39 is 10.0 Å². The number of H-pyrrole nitrogens is 1. The summed E-state index contributed by atoms with van der Waals surface area (Å²) in [6.07, 6.45) is 3.33. The summed E-state index contributed by atoms with van der Waals surface area (Å²) in [4.78, 5) is 14.0. The Balaban J connectivity index is 1.69. The number of rotatable bonds is 3. The quantitative estimate of drug-likeness (QED) is 0.787. The first kappa shape index (κ1) is 14.3. The SMILES string of the molecule is CS(=O)(=O)N1CCN(C(=O)c2n[nH]c(C3CC3)c2N)CC1. The zero-order valence-corrected chi connectivity index (χ0v) is 12.7. The lowest BCUT2D eigenvalue weighted by molar-refractivity contribution is 0.0693. The first-order chi connectivity index (χ1) is 9.88. The monoisotopic (exact) mass is 313 g/mol. The molecule has 3 N–H and O–H groups in total. The molecule has 1 aromatic rings. The van der Waals surface area contributed by atoms with Crippen LogP contribution in [0.4, 0.5) is 5.69 Å². The summed E-state index contributed by atoms with van der Waals surface area (Å²) in [6, 6.07) is 0. The number of nitrogens with zero attached hydrogens (tertiary/aromatic N) is 3. The van der Waals surface area contributed by atoms with Crippen LogP contribution in [0.15, 0.2) is 0 Å². The summed E-state index contributed by atoms with van der Waals surface area (Å²) in [5, 5.41) is 6.91. The fraction of sp³-hybridized carbons (Fsp3) is 0.667. The Labute approximate surface area is 123 Å². The van der Waals surface area contributed by atoms with Crippen LogP contribution in [0.2, 0.25) is 0 Å². The number of nitrogen functional groups attached to an aromatic ring is 1. The van der Waals surface area contributed by atoms with Gasteiger partial charge >= 0.3 is 0 Å². The van der Waals surface area contributed by atoms with Gasteiger partial charge in [-0.3, -0.25) is 9.89 Å². The highest BCUT2D eigenvalue weighted by Gasteiger charge is 2.33. The first-order valence-electron chi connectivity index (χ1n) is 6.96. The van der Waals surface area contributed by atoms with Gasteiger partial charge in [-0.2, -0.15) is 9.40 Å². The molecule has 1 aromatic heterocycles. The number of hydrogen-bond acceptors (Lipinski definition) is 5.